The van der Waals surface area contributed by atoms with Crippen LogP contribution in [0.2, 0.25) is 0 Å². The van der Waals surface area contributed by atoms with Gasteiger partial charge >= 0.3 is 5.97 Å². The Balaban J connectivity index is 1.64. The highest BCUT2D eigenvalue weighted by molar-refractivity contribution is 5.89. The van der Waals surface area contributed by atoms with Gasteiger partial charge in [0.05, 0.1) is 18.6 Å². The van der Waals surface area contributed by atoms with Crippen molar-refractivity contribution in [3.63, 3.8) is 0 Å². The van der Waals surface area contributed by atoms with E-state index in [4.69, 9.17) is 9.72 Å². The SMILES string of the molecule is COc1cccc2c(C)cc(N3CCC4(CC3)[C@H](C(=O)O)CC(=O)N4C)nc12. The van der Waals surface area contributed by atoms with E-state index in [1.54, 1.807) is 19.1 Å². The van der Waals surface area contributed by atoms with Crippen LogP contribution in [0.5, 0.6) is 5.75 Å². The van der Waals surface area contributed by atoms with E-state index in [-0.39, 0.29) is 12.3 Å². The molecule has 2 aromatic rings. The number of aliphatic carboxylic acids is 1. The van der Waals surface area contributed by atoms with E-state index >= 15 is 0 Å². The first-order valence-corrected chi connectivity index (χ1v) is 9.56. The first kappa shape index (κ1) is 18.5. The number of fused-ring (bicyclic) bond motifs is 1. The first-order valence-electron chi connectivity index (χ1n) is 9.56. The fourth-order valence-electron chi connectivity index (χ4n) is 4.81. The monoisotopic (exact) mass is 383 g/mol. The van der Waals surface area contributed by atoms with Crippen LogP contribution in [0.3, 0.4) is 0 Å². The quantitative estimate of drug-likeness (QED) is 0.877. The van der Waals surface area contributed by atoms with Crippen molar-refractivity contribution in [3.8, 4) is 5.75 Å². The molecule has 148 valence electrons. The number of hydrogen-bond acceptors (Lipinski definition) is 5. The molecular weight excluding hydrogens is 358 g/mol. The van der Waals surface area contributed by atoms with Crippen molar-refractivity contribution in [1.29, 1.82) is 0 Å². The number of likely N-dealkylation sites (tertiary alicyclic amines) is 1. The number of carbonyl (C=O) groups is 2. The molecule has 1 aromatic heterocycles. The molecule has 28 heavy (non-hydrogen) atoms. The van der Waals surface area contributed by atoms with Crippen LogP contribution >= 0.6 is 0 Å². The number of nitrogens with zero attached hydrogens (tertiary/aromatic N) is 3. The third kappa shape index (κ3) is 2.68. The van der Waals surface area contributed by atoms with E-state index in [1.807, 2.05) is 18.2 Å². The Kier molecular flexibility index (Phi) is 4.40. The summed E-state index contributed by atoms with van der Waals surface area (Å²) in [6.45, 7) is 3.38. The summed E-state index contributed by atoms with van der Waals surface area (Å²) in [5.41, 5.74) is 1.36. The molecule has 2 aliphatic rings. The number of benzene rings is 1. The molecule has 0 aliphatic carbocycles. The molecule has 2 saturated heterocycles. The second kappa shape index (κ2) is 6.65. The van der Waals surface area contributed by atoms with E-state index in [0.29, 0.717) is 25.9 Å². The number of aryl methyl sites for hydroxylation is 1. The lowest BCUT2D eigenvalue weighted by Gasteiger charge is -2.45. The highest BCUT2D eigenvalue weighted by Gasteiger charge is 2.55. The minimum atomic E-state index is -0.879. The summed E-state index contributed by atoms with van der Waals surface area (Å²) < 4.78 is 5.48. The lowest BCUT2D eigenvalue weighted by Crippen LogP contribution is -2.56. The van der Waals surface area contributed by atoms with E-state index in [1.165, 1.54) is 0 Å². The standard InChI is InChI=1S/C21H25N3O4/c1-13-11-17(22-19-14(13)5-4-6-16(19)28-3)24-9-7-21(8-10-24)15(20(26)27)12-18(25)23(21)2/h4-6,11,15H,7-10,12H2,1-3H3,(H,26,27)/t15-/m0/s1. The van der Waals surface area contributed by atoms with Gasteiger partial charge in [-0.15, -0.1) is 0 Å². The van der Waals surface area contributed by atoms with Crippen LogP contribution in [0.1, 0.15) is 24.8 Å². The number of pyridine rings is 1. The number of hydrogen-bond donors (Lipinski definition) is 1. The number of piperidine rings is 1. The zero-order chi connectivity index (χ0) is 20.1. The summed E-state index contributed by atoms with van der Waals surface area (Å²) in [6, 6.07) is 7.96. The van der Waals surface area contributed by atoms with Crippen LogP contribution in [0.25, 0.3) is 10.9 Å². The number of anilines is 1. The van der Waals surface area contributed by atoms with Gasteiger partial charge in [-0.05, 0) is 37.5 Å². The van der Waals surface area contributed by atoms with Crippen LogP contribution in [-0.2, 0) is 9.59 Å². The Morgan fingerprint density at radius 1 is 1.32 bits per heavy atom. The average Bonchev–Trinajstić information content (AvgIpc) is 2.93. The number of amides is 1. The van der Waals surface area contributed by atoms with Gasteiger partial charge in [0.1, 0.15) is 17.1 Å². The lowest BCUT2D eigenvalue weighted by molar-refractivity contribution is -0.145. The normalized spacial score (nSPS) is 21.5. The average molecular weight is 383 g/mol. The maximum Gasteiger partial charge on any atom is 0.309 e. The molecule has 7 heteroatoms. The summed E-state index contributed by atoms with van der Waals surface area (Å²) in [4.78, 5) is 32.6. The van der Waals surface area contributed by atoms with Crippen molar-refractivity contribution < 1.29 is 19.4 Å². The molecule has 7 nitrogen and oxygen atoms in total. The van der Waals surface area contributed by atoms with E-state index in [0.717, 1.165) is 28.0 Å². The number of para-hydroxylation sites is 1. The highest BCUT2D eigenvalue weighted by Crippen LogP contribution is 2.43. The van der Waals surface area contributed by atoms with E-state index in [2.05, 4.69) is 17.9 Å². The second-order valence-corrected chi connectivity index (χ2v) is 7.79. The van der Waals surface area contributed by atoms with Crippen LogP contribution in [0, 0.1) is 12.8 Å². The zero-order valence-corrected chi connectivity index (χ0v) is 16.4. The summed E-state index contributed by atoms with van der Waals surface area (Å²) in [5.74, 6) is 0.00515. The molecule has 1 amide bonds. The number of carboxylic acid groups (broad SMARTS) is 1. The topological polar surface area (TPSA) is 83.0 Å². The Hall–Kier alpha value is -2.83. The van der Waals surface area contributed by atoms with Crippen molar-refractivity contribution in [2.24, 2.45) is 5.92 Å². The molecule has 0 bridgehead atoms. The predicted octanol–water partition coefficient (Wildman–Crippen LogP) is 2.45. The van der Waals surface area contributed by atoms with Crippen LogP contribution < -0.4 is 9.64 Å². The second-order valence-electron chi connectivity index (χ2n) is 7.79. The third-order valence-electron chi connectivity index (χ3n) is 6.54. The maximum absolute atomic E-state index is 12.2. The number of methoxy groups -OCH3 is 1. The van der Waals surface area contributed by atoms with Gasteiger partial charge in [-0.1, -0.05) is 12.1 Å². The molecule has 0 radical (unpaired) electrons. The molecule has 1 spiro atoms. The predicted molar refractivity (Wildman–Crippen MR) is 106 cm³/mol. The molecule has 2 aliphatic heterocycles. The Labute approximate surface area is 163 Å². The minimum absolute atomic E-state index is 0.0785. The number of aromatic nitrogens is 1. The Morgan fingerprint density at radius 2 is 2.04 bits per heavy atom. The molecule has 4 rings (SSSR count). The summed E-state index contributed by atoms with van der Waals surface area (Å²) in [6.07, 6.45) is 1.34. The van der Waals surface area contributed by atoms with Crippen molar-refractivity contribution >= 4 is 28.6 Å². The van der Waals surface area contributed by atoms with Crippen molar-refractivity contribution in [1.82, 2.24) is 9.88 Å². The summed E-state index contributed by atoms with van der Waals surface area (Å²) in [5, 5.41) is 10.7. The fourth-order valence-corrected chi connectivity index (χ4v) is 4.81. The van der Waals surface area contributed by atoms with Gasteiger partial charge in [-0.2, -0.15) is 0 Å². The van der Waals surface area contributed by atoms with Crippen LogP contribution in [-0.4, -0.2) is 59.7 Å². The molecule has 0 unspecified atom stereocenters. The van der Waals surface area contributed by atoms with Gasteiger partial charge in [0.15, 0.2) is 0 Å². The zero-order valence-electron chi connectivity index (χ0n) is 16.4. The van der Waals surface area contributed by atoms with Crippen molar-refractivity contribution in [2.45, 2.75) is 31.7 Å². The molecule has 3 heterocycles. The fraction of sp³-hybridized carbons (Fsp3) is 0.476. The van der Waals surface area contributed by atoms with Gasteiger partial charge < -0.3 is 19.6 Å². The molecule has 1 N–H and O–H groups in total. The summed E-state index contributed by atoms with van der Waals surface area (Å²) in [7, 11) is 3.38. The van der Waals surface area contributed by atoms with Gasteiger partial charge in [-0.25, -0.2) is 4.98 Å². The highest BCUT2D eigenvalue weighted by atomic mass is 16.5. The number of ether oxygens (including phenoxy) is 1. The first-order chi connectivity index (χ1) is 13.4. The number of carboxylic acids is 1. The molecule has 2 fully saturated rings. The van der Waals surface area contributed by atoms with Gasteiger partial charge in [0.2, 0.25) is 5.91 Å². The largest absolute Gasteiger partial charge is 0.494 e. The summed E-state index contributed by atoms with van der Waals surface area (Å²) >= 11 is 0. The Bertz CT molecular complexity index is 950. The van der Waals surface area contributed by atoms with Crippen LogP contribution in [0.15, 0.2) is 24.3 Å². The molecule has 1 aromatic carbocycles. The third-order valence-corrected chi connectivity index (χ3v) is 6.54. The molecule has 1 atom stereocenters. The Morgan fingerprint density at radius 3 is 2.68 bits per heavy atom. The van der Waals surface area contributed by atoms with Gasteiger partial charge in [-0.3, -0.25) is 9.59 Å². The molecule has 0 saturated carbocycles. The van der Waals surface area contributed by atoms with Gasteiger partial charge in [0.25, 0.3) is 0 Å². The number of carbonyl (C=O) groups excluding carboxylic acids is 1. The van der Waals surface area contributed by atoms with Crippen LogP contribution in [0.4, 0.5) is 5.82 Å². The van der Waals surface area contributed by atoms with Gasteiger partial charge in [0, 0.05) is 31.9 Å². The molecular formula is C21H25N3O4. The lowest BCUT2D eigenvalue weighted by atomic mass is 9.77. The van der Waals surface area contributed by atoms with Crippen molar-refractivity contribution in [2.75, 3.05) is 32.1 Å². The maximum atomic E-state index is 12.2. The van der Waals surface area contributed by atoms with Crippen molar-refractivity contribution in [3.05, 3.63) is 29.8 Å². The minimum Gasteiger partial charge on any atom is -0.494 e. The van der Waals surface area contributed by atoms with E-state index in [9.17, 15) is 14.7 Å². The van der Waals surface area contributed by atoms with E-state index < -0.39 is 17.4 Å². The smallest absolute Gasteiger partial charge is 0.309 e. The number of rotatable bonds is 3.